The molecule has 108 valence electrons. The second-order valence-corrected chi connectivity index (χ2v) is 5.40. The Kier molecular flexibility index (Phi) is 3.78. The van der Waals surface area contributed by atoms with Gasteiger partial charge < -0.3 is 19.7 Å². The number of hydrogen-bond acceptors (Lipinski definition) is 4. The lowest BCUT2D eigenvalue weighted by Crippen LogP contribution is -2.32. The molecule has 1 amide bonds. The van der Waals surface area contributed by atoms with Crippen LogP contribution in [0.15, 0.2) is 18.2 Å². The standard InChI is InChI=1S/C15H20N2O3/c1-17(10-11-4-5-16-9-11)15(18)12-2-3-13-14(8-12)20-7-6-19-13/h2-3,8,11,16H,4-7,9-10H2,1H3/t11-/m0/s1. The molecule has 2 heterocycles. The van der Waals surface area contributed by atoms with Crippen molar-refractivity contribution in [2.75, 3.05) is 39.9 Å². The van der Waals surface area contributed by atoms with Crippen LogP contribution in [0.4, 0.5) is 0 Å². The second kappa shape index (κ2) is 5.71. The van der Waals surface area contributed by atoms with Crippen LogP contribution >= 0.6 is 0 Å². The first kappa shape index (κ1) is 13.2. The Bertz CT molecular complexity index is 498. The summed E-state index contributed by atoms with van der Waals surface area (Å²) in [6, 6.07) is 5.40. The van der Waals surface area contributed by atoms with E-state index in [1.807, 2.05) is 13.1 Å². The van der Waals surface area contributed by atoms with Crippen LogP contribution in [0.1, 0.15) is 16.8 Å². The first-order valence-corrected chi connectivity index (χ1v) is 7.10. The summed E-state index contributed by atoms with van der Waals surface area (Å²) in [6.45, 7) is 3.94. The van der Waals surface area contributed by atoms with E-state index >= 15 is 0 Å². The maximum Gasteiger partial charge on any atom is 0.253 e. The number of hydrogen-bond donors (Lipinski definition) is 1. The van der Waals surface area contributed by atoms with Gasteiger partial charge >= 0.3 is 0 Å². The zero-order valence-corrected chi connectivity index (χ0v) is 11.7. The highest BCUT2D eigenvalue weighted by atomic mass is 16.6. The topological polar surface area (TPSA) is 50.8 Å². The molecule has 0 aliphatic carbocycles. The van der Waals surface area contributed by atoms with Crippen LogP contribution in [0, 0.1) is 5.92 Å². The predicted molar refractivity (Wildman–Crippen MR) is 75.4 cm³/mol. The molecule has 3 rings (SSSR count). The molecular formula is C15H20N2O3. The molecule has 1 saturated heterocycles. The Morgan fingerprint density at radius 1 is 1.35 bits per heavy atom. The summed E-state index contributed by atoms with van der Waals surface area (Å²) >= 11 is 0. The SMILES string of the molecule is CN(C[C@H]1CCNC1)C(=O)c1ccc2c(c1)OCCO2. The van der Waals surface area contributed by atoms with E-state index in [0.717, 1.165) is 31.8 Å². The number of fused-ring (bicyclic) bond motifs is 1. The summed E-state index contributed by atoms with van der Waals surface area (Å²) in [5.74, 6) is 1.98. The molecule has 2 aliphatic rings. The van der Waals surface area contributed by atoms with Crippen LogP contribution in [0.25, 0.3) is 0 Å². The zero-order valence-electron chi connectivity index (χ0n) is 11.7. The molecule has 1 fully saturated rings. The maximum absolute atomic E-state index is 12.4. The van der Waals surface area contributed by atoms with Gasteiger partial charge in [-0.3, -0.25) is 4.79 Å². The monoisotopic (exact) mass is 276 g/mol. The van der Waals surface area contributed by atoms with Crippen LogP contribution in [0.2, 0.25) is 0 Å². The lowest BCUT2D eigenvalue weighted by molar-refractivity contribution is 0.0775. The van der Waals surface area contributed by atoms with Crippen LogP contribution in [0.3, 0.4) is 0 Å². The third-order valence-electron chi connectivity index (χ3n) is 3.83. The minimum absolute atomic E-state index is 0.0360. The molecule has 0 saturated carbocycles. The fourth-order valence-electron chi connectivity index (χ4n) is 2.74. The Labute approximate surface area is 118 Å². The molecule has 0 aromatic heterocycles. The molecule has 20 heavy (non-hydrogen) atoms. The van der Waals surface area contributed by atoms with Gasteiger partial charge in [0.25, 0.3) is 5.91 Å². The third-order valence-corrected chi connectivity index (χ3v) is 3.83. The molecular weight excluding hydrogens is 256 g/mol. The van der Waals surface area contributed by atoms with Crippen molar-refractivity contribution in [1.82, 2.24) is 10.2 Å². The minimum Gasteiger partial charge on any atom is -0.486 e. The highest BCUT2D eigenvalue weighted by molar-refractivity contribution is 5.94. The van der Waals surface area contributed by atoms with E-state index in [2.05, 4.69) is 5.32 Å². The lowest BCUT2D eigenvalue weighted by atomic mass is 10.1. The molecule has 1 atom stereocenters. The van der Waals surface area contributed by atoms with Gasteiger partial charge in [0.1, 0.15) is 13.2 Å². The van der Waals surface area contributed by atoms with Crippen LogP contribution < -0.4 is 14.8 Å². The first-order chi connectivity index (χ1) is 9.74. The summed E-state index contributed by atoms with van der Waals surface area (Å²) in [5.41, 5.74) is 0.655. The van der Waals surface area contributed by atoms with E-state index in [1.54, 1.807) is 17.0 Å². The lowest BCUT2D eigenvalue weighted by Gasteiger charge is -2.22. The quantitative estimate of drug-likeness (QED) is 0.899. The number of ether oxygens (including phenoxy) is 2. The molecule has 0 spiro atoms. The van der Waals surface area contributed by atoms with Crippen molar-refractivity contribution < 1.29 is 14.3 Å². The first-order valence-electron chi connectivity index (χ1n) is 7.10. The van der Waals surface area contributed by atoms with E-state index in [1.165, 1.54) is 0 Å². The van der Waals surface area contributed by atoms with E-state index < -0.39 is 0 Å². The predicted octanol–water partition coefficient (Wildman–Crippen LogP) is 1.14. The van der Waals surface area contributed by atoms with E-state index in [0.29, 0.717) is 30.4 Å². The number of carbonyl (C=O) groups is 1. The summed E-state index contributed by atoms with van der Waals surface area (Å²) in [6.07, 6.45) is 1.14. The van der Waals surface area contributed by atoms with Gasteiger partial charge in [-0.25, -0.2) is 0 Å². The molecule has 0 bridgehead atoms. The normalized spacial score (nSPS) is 20.8. The van der Waals surface area contributed by atoms with Crippen molar-refractivity contribution in [3.8, 4) is 11.5 Å². The zero-order chi connectivity index (χ0) is 13.9. The number of rotatable bonds is 3. The summed E-state index contributed by atoms with van der Waals surface area (Å²) < 4.78 is 11.0. The number of carbonyl (C=O) groups excluding carboxylic acids is 1. The average Bonchev–Trinajstić information content (AvgIpc) is 2.99. The largest absolute Gasteiger partial charge is 0.486 e. The molecule has 2 aliphatic heterocycles. The van der Waals surface area contributed by atoms with E-state index in [4.69, 9.17) is 9.47 Å². The van der Waals surface area contributed by atoms with Crippen LogP contribution in [-0.4, -0.2) is 50.7 Å². The van der Waals surface area contributed by atoms with Gasteiger partial charge in [-0.2, -0.15) is 0 Å². The third kappa shape index (κ3) is 2.72. The molecule has 5 nitrogen and oxygen atoms in total. The number of nitrogens with zero attached hydrogens (tertiary/aromatic N) is 1. The van der Waals surface area contributed by atoms with Crippen LogP contribution in [-0.2, 0) is 0 Å². The Morgan fingerprint density at radius 3 is 2.90 bits per heavy atom. The maximum atomic E-state index is 12.4. The molecule has 1 N–H and O–H groups in total. The molecule has 1 aromatic rings. The number of amides is 1. The van der Waals surface area contributed by atoms with Crippen molar-refractivity contribution in [2.24, 2.45) is 5.92 Å². The fourth-order valence-corrected chi connectivity index (χ4v) is 2.74. The summed E-state index contributed by atoms with van der Waals surface area (Å²) in [5, 5.41) is 3.32. The van der Waals surface area contributed by atoms with E-state index in [-0.39, 0.29) is 5.91 Å². The number of benzene rings is 1. The van der Waals surface area contributed by atoms with Gasteiger partial charge in [0.15, 0.2) is 11.5 Å². The Balaban J connectivity index is 1.69. The van der Waals surface area contributed by atoms with Crippen LogP contribution in [0.5, 0.6) is 11.5 Å². The molecule has 5 heteroatoms. The van der Waals surface area contributed by atoms with Crippen molar-refractivity contribution in [3.63, 3.8) is 0 Å². The highest BCUT2D eigenvalue weighted by Gasteiger charge is 2.21. The van der Waals surface area contributed by atoms with Crippen molar-refractivity contribution in [2.45, 2.75) is 6.42 Å². The van der Waals surface area contributed by atoms with Crippen molar-refractivity contribution in [3.05, 3.63) is 23.8 Å². The van der Waals surface area contributed by atoms with Crippen molar-refractivity contribution in [1.29, 1.82) is 0 Å². The Morgan fingerprint density at radius 2 is 2.15 bits per heavy atom. The van der Waals surface area contributed by atoms with Gasteiger partial charge in [-0.05, 0) is 43.6 Å². The van der Waals surface area contributed by atoms with E-state index in [9.17, 15) is 4.79 Å². The highest BCUT2D eigenvalue weighted by Crippen LogP contribution is 2.31. The average molecular weight is 276 g/mol. The van der Waals surface area contributed by atoms with Gasteiger partial charge in [-0.15, -0.1) is 0 Å². The Hall–Kier alpha value is -1.75. The summed E-state index contributed by atoms with van der Waals surface area (Å²) in [4.78, 5) is 14.2. The van der Waals surface area contributed by atoms with Gasteiger partial charge in [0, 0.05) is 19.2 Å². The van der Waals surface area contributed by atoms with Gasteiger partial charge in [0.05, 0.1) is 0 Å². The molecule has 1 aromatic carbocycles. The van der Waals surface area contributed by atoms with Gasteiger partial charge in [0.2, 0.25) is 0 Å². The minimum atomic E-state index is 0.0360. The number of nitrogens with one attached hydrogen (secondary N) is 1. The smallest absolute Gasteiger partial charge is 0.253 e. The van der Waals surface area contributed by atoms with Crippen molar-refractivity contribution >= 4 is 5.91 Å². The fraction of sp³-hybridized carbons (Fsp3) is 0.533. The second-order valence-electron chi connectivity index (χ2n) is 5.40. The van der Waals surface area contributed by atoms with Gasteiger partial charge in [-0.1, -0.05) is 0 Å². The summed E-state index contributed by atoms with van der Waals surface area (Å²) in [7, 11) is 1.86. The molecule has 0 radical (unpaired) electrons. The molecule has 0 unspecified atom stereocenters.